The van der Waals surface area contributed by atoms with E-state index in [1.807, 2.05) is 6.92 Å². The Hall–Kier alpha value is -6.11. The number of nitro benzene ring substituents is 1. The van der Waals surface area contributed by atoms with E-state index in [9.17, 15) is 38.9 Å². The maximum Gasteiger partial charge on any atom is 0.325 e. The van der Waals surface area contributed by atoms with Crippen molar-refractivity contribution in [1.29, 1.82) is 0 Å². The number of guanidine groups is 1. The molecule has 2 aromatic rings. The Balaban J connectivity index is 1.85. The van der Waals surface area contributed by atoms with Gasteiger partial charge in [-0.25, -0.2) is 0 Å². The smallest absolute Gasteiger partial charge is 0.325 e. The monoisotopic (exact) mass is 780 g/mol. The Morgan fingerprint density at radius 1 is 0.929 bits per heavy atom. The second-order valence-electron chi connectivity index (χ2n) is 13.4. The molecular weight excluding hydrogens is 728 g/mol. The Bertz CT molecular complexity index is 1700. The third kappa shape index (κ3) is 13.9. The molecule has 0 bridgehead atoms. The van der Waals surface area contributed by atoms with E-state index in [2.05, 4.69) is 20.9 Å². The molecule has 1 saturated heterocycles. The van der Waals surface area contributed by atoms with E-state index < -0.39 is 65.1 Å². The zero-order valence-electron chi connectivity index (χ0n) is 31.7. The molecule has 1 heterocycles. The van der Waals surface area contributed by atoms with Gasteiger partial charge in [0.05, 0.1) is 11.5 Å². The van der Waals surface area contributed by atoms with Crippen LogP contribution in [0.2, 0.25) is 0 Å². The second kappa shape index (κ2) is 22.3. The van der Waals surface area contributed by atoms with Crippen molar-refractivity contribution in [3.8, 4) is 0 Å². The van der Waals surface area contributed by atoms with Gasteiger partial charge >= 0.3 is 5.97 Å². The van der Waals surface area contributed by atoms with Crippen LogP contribution in [0.25, 0.3) is 0 Å². The maximum atomic E-state index is 13.9. The van der Waals surface area contributed by atoms with Gasteiger partial charge in [-0.3, -0.25) is 48.8 Å². The van der Waals surface area contributed by atoms with Crippen molar-refractivity contribution in [2.75, 3.05) is 31.1 Å². The SMILES string of the molecule is CC[C@H](C)[C@H](NC(=O)c1ccccc1)C(=O)N[C@@H](CCC(=O)ON1CCCCC1)C(=O)NCC(=O)N(c1ccc([N+](=O)[O-])cc1)[C@@H](CCCN=C(N)N)C(N)=O. The minimum Gasteiger partial charge on any atom is -0.370 e. The molecule has 0 spiro atoms. The number of nitrogens with two attached hydrogens (primary N) is 3. The summed E-state index contributed by atoms with van der Waals surface area (Å²) in [6.45, 7) is 4.13. The molecule has 1 aliphatic heterocycles. The number of hydrogen-bond donors (Lipinski definition) is 6. The first kappa shape index (κ1) is 44.3. The molecule has 0 aliphatic carbocycles. The summed E-state index contributed by atoms with van der Waals surface area (Å²) >= 11 is 0. The minimum absolute atomic E-state index is 0.00764. The molecule has 56 heavy (non-hydrogen) atoms. The number of hydroxylamine groups is 2. The lowest BCUT2D eigenvalue weighted by Crippen LogP contribution is -2.57. The highest BCUT2D eigenvalue weighted by Crippen LogP contribution is 2.24. The number of hydrogen-bond acceptors (Lipinski definition) is 11. The third-order valence-electron chi connectivity index (χ3n) is 9.23. The summed E-state index contributed by atoms with van der Waals surface area (Å²) in [4.78, 5) is 101. The summed E-state index contributed by atoms with van der Waals surface area (Å²) in [6.07, 6.45) is 2.93. The zero-order chi connectivity index (χ0) is 41.2. The Morgan fingerprint density at radius 3 is 2.18 bits per heavy atom. The Kier molecular flexibility index (Phi) is 17.6. The first-order valence-electron chi connectivity index (χ1n) is 18.5. The van der Waals surface area contributed by atoms with Gasteiger partial charge in [0, 0.05) is 49.4 Å². The van der Waals surface area contributed by atoms with Gasteiger partial charge in [-0.15, -0.1) is 5.06 Å². The molecule has 0 unspecified atom stereocenters. The fraction of sp³-hybridized carbons (Fsp3) is 0.486. The average Bonchev–Trinajstić information content (AvgIpc) is 3.18. The summed E-state index contributed by atoms with van der Waals surface area (Å²) < 4.78 is 0. The van der Waals surface area contributed by atoms with Crippen LogP contribution in [0.1, 0.15) is 75.6 Å². The summed E-state index contributed by atoms with van der Waals surface area (Å²) in [6, 6.07) is 9.38. The van der Waals surface area contributed by atoms with Crippen molar-refractivity contribution in [1.82, 2.24) is 21.0 Å². The first-order chi connectivity index (χ1) is 26.7. The van der Waals surface area contributed by atoms with Gasteiger partial charge in [-0.2, -0.15) is 0 Å². The van der Waals surface area contributed by atoms with Crippen LogP contribution in [0.4, 0.5) is 11.4 Å². The largest absolute Gasteiger partial charge is 0.370 e. The van der Waals surface area contributed by atoms with Gasteiger partial charge in [0.1, 0.15) is 18.1 Å². The lowest BCUT2D eigenvalue weighted by atomic mass is 9.97. The van der Waals surface area contributed by atoms with Gasteiger partial charge in [-0.1, -0.05) is 44.9 Å². The number of anilines is 1. The van der Waals surface area contributed by atoms with E-state index in [4.69, 9.17) is 22.0 Å². The maximum absolute atomic E-state index is 13.9. The van der Waals surface area contributed by atoms with Crippen LogP contribution in [0.15, 0.2) is 59.6 Å². The second-order valence-corrected chi connectivity index (χ2v) is 13.4. The van der Waals surface area contributed by atoms with Crippen LogP contribution in [0, 0.1) is 16.0 Å². The van der Waals surface area contributed by atoms with Crippen molar-refractivity contribution in [3.63, 3.8) is 0 Å². The van der Waals surface area contributed by atoms with Crippen molar-refractivity contribution in [2.45, 2.75) is 83.3 Å². The van der Waals surface area contributed by atoms with E-state index in [1.54, 1.807) is 42.3 Å². The number of aliphatic imine (C=N–C) groups is 1. The fourth-order valence-electron chi connectivity index (χ4n) is 5.95. The molecule has 304 valence electrons. The van der Waals surface area contributed by atoms with E-state index in [0.717, 1.165) is 36.3 Å². The fourth-order valence-corrected chi connectivity index (χ4v) is 5.95. The Labute approximate surface area is 324 Å². The number of nitro groups is 1. The molecule has 5 amide bonds. The van der Waals surface area contributed by atoms with Gasteiger partial charge in [-0.05, 0) is 62.3 Å². The number of benzene rings is 2. The minimum atomic E-state index is -1.37. The van der Waals surface area contributed by atoms with Crippen molar-refractivity contribution >= 4 is 52.8 Å². The molecule has 0 radical (unpaired) electrons. The summed E-state index contributed by atoms with van der Waals surface area (Å²) in [5.41, 5.74) is 16.6. The topological polar surface area (TPSA) is 288 Å². The predicted molar refractivity (Wildman–Crippen MR) is 206 cm³/mol. The number of piperidine rings is 1. The van der Waals surface area contributed by atoms with Crippen molar-refractivity contribution in [2.24, 2.45) is 28.1 Å². The molecule has 19 nitrogen and oxygen atoms in total. The van der Waals surface area contributed by atoms with Crippen LogP contribution in [0.3, 0.4) is 0 Å². The number of carbonyl (C=O) groups excluding carboxylic acids is 6. The van der Waals surface area contributed by atoms with Crippen LogP contribution in [0.5, 0.6) is 0 Å². The predicted octanol–water partition coefficient (Wildman–Crippen LogP) is 1.01. The summed E-state index contributed by atoms with van der Waals surface area (Å²) in [5.74, 6) is -4.94. The molecule has 1 fully saturated rings. The highest BCUT2D eigenvalue weighted by atomic mass is 16.7. The van der Waals surface area contributed by atoms with Gasteiger partial charge in [0.2, 0.25) is 23.6 Å². The first-order valence-corrected chi connectivity index (χ1v) is 18.5. The molecule has 2 aromatic carbocycles. The number of primary amides is 1. The van der Waals surface area contributed by atoms with Gasteiger partial charge in [0.15, 0.2) is 5.96 Å². The van der Waals surface area contributed by atoms with Gasteiger partial charge in [0.25, 0.3) is 11.6 Å². The number of rotatable bonds is 21. The number of nitrogens with one attached hydrogen (secondary N) is 3. The Morgan fingerprint density at radius 2 is 1.59 bits per heavy atom. The normalized spacial score (nSPS) is 14.8. The summed E-state index contributed by atoms with van der Waals surface area (Å²) in [7, 11) is 0. The van der Waals surface area contributed by atoms with Crippen molar-refractivity contribution < 1.29 is 38.5 Å². The highest BCUT2D eigenvalue weighted by Gasteiger charge is 2.33. The molecular formula is C37H52N10O9. The van der Waals surface area contributed by atoms with E-state index in [1.165, 1.54) is 12.1 Å². The number of amides is 5. The number of non-ortho nitro benzene ring substituents is 1. The zero-order valence-corrected chi connectivity index (χ0v) is 31.7. The number of nitrogens with zero attached hydrogens (tertiary/aromatic N) is 4. The van der Waals surface area contributed by atoms with Gasteiger partial charge < -0.3 is 38.0 Å². The molecule has 19 heteroatoms. The van der Waals surface area contributed by atoms with Crippen LogP contribution >= 0.6 is 0 Å². The standard InChI is InChI=1S/C37H52N10O9/c1-3-24(2)32(44-34(51)25-11-6-4-7-12-25)36(53)43-28(18-19-31(49)56-45-21-8-5-9-22-45)35(52)42-23-30(48)46(26-14-16-27(17-15-26)47(54)55)29(33(38)50)13-10-20-41-37(39)40/h4,6-7,11-12,14-17,24,28-29,32H,3,5,8-10,13,18-23H2,1-2H3,(H2,38,50)(H,42,52)(H,43,53)(H,44,51)(H4,39,40,41)/t24-,28-,29-,32-/m0/s1. The summed E-state index contributed by atoms with van der Waals surface area (Å²) in [5, 5.41) is 20.7. The lowest BCUT2D eigenvalue weighted by molar-refractivity contribution is -0.384. The average molecular weight is 781 g/mol. The molecule has 0 aromatic heterocycles. The van der Waals surface area contributed by atoms with Crippen molar-refractivity contribution in [3.05, 3.63) is 70.3 Å². The van der Waals surface area contributed by atoms with E-state index >= 15 is 0 Å². The molecule has 0 saturated carbocycles. The molecule has 3 rings (SSSR count). The molecule has 4 atom stereocenters. The highest BCUT2D eigenvalue weighted by molar-refractivity contribution is 6.03. The lowest BCUT2D eigenvalue weighted by Gasteiger charge is -2.30. The van der Waals surface area contributed by atoms with E-state index in [0.29, 0.717) is 25.1 Å². The van der Waals surface area contributed by atoms with E-state index in [-0.39, 0.29) is 55.5 Å². The third-order valence-corrected chi connectivity index (χ3v) is 9.23. The van der Waals surface area contributed by atoms with Crippen LogP contribution < -0.4 is 38.1 Å². The van der Waals surface area contributed by atoms with Crippen LogP contribution in [-0.4, -0.2) is 95.8 Å². The molecule has 1 aliphatic rings. The van der Waals surface area contributed by atoms with Crippen LogP contribution in [-0.2, 0) is 28.8 Å². The number of carbonyl (C=O) groups is 6. The molecule has 9 N–H and O–H groups in total. The quantitative estimate of drug-likeness (QED) is 0.0340.